The summed E-state index contributed by atoms with van der Waals surface area (Å²) in [4.78, 5) is 6.67. The zero-order valence-electron chi connectivity index (χ0n) is 12.5. The molecular weight excluding hydrogens is 234 g/mol. The van der Waals surface area contributed by atoms with Crippen LogP contribution in [-0.2, 0) is 0 Å². The van der Waals surface area contributed by atoms with E-state index in [-0.39, 0.29) is 0 Å². The van der Waals surface area contributed by atoms with Crippen LogP contribution in [0, 0.1) is 5.92 Å². The lowest BCUT2D eigenvalue weighted by Gasteiger charge is -2.34. The van der Waals surface area contributed by atoms with Gasteiger partial charge in [0.15, 0.2) is 0 Å². The molecule has 0 saturated carbocycles. The van der Waals surface area contributed by atoms with E-state index in [1.54, 1.807) is 0 Å². The third kappa shape index (κ3) is 4.59. The van der Waals surface area contributed by atoms with Crippen molar-refractivity contribution in [2.75, 3.05) is 19.6 Å². The predicted molar refractivity (Wildman–Crippen MR) is 80.1 cm³/mol. The molecule has 1 aliphatic heterocycles. The van der Waals surface area contributed by atoms with Crippen molar-refractivity contribution in [2.45, 2.75) is 45.7 Å². The van der Waals surface area contributed by atoms with Crippen molar-refractivity contribution in [2.24, 2.45) is 5.92 Å². The van der Waals surface area contributed by atoms with Crippen molar-refractivity contribution < 1.29 is 0 Å². The lowest BCUT2D eigenvalue weighted by Crippen LogP contribution is -2.44. The molecule has 0 spiro atoms. The van der Waals surface area contributed by atoms with Crippen LogP contribution >= 0.6 is 0 Å². The molecule has 1 unspecified atom stereocenters. The molecule has 0 amide bonds. The summed E-state index contributed by atoms with van der Waals surface area (Å²) in [6, 6.07) is 5.29. The minimum Gasteiger partial charge on any atom is -0.307 e. The maximum Gasteiger partial charge on any atom is 0.0295 e. The number of pyridine rings is 1. The van der Waals surface area contributed by atoms with Crippen molar-refractivity contribution >= 4 is 0 Å². The number of nitrogens with one attached hydrogen (secondary N) is 1. The van der Waals surface area contributed by atoms with Gasteiger partial charge in [-0.3, -0.25) is 4.98 Å². The molecule has 1 N–H and O–H groups in total. The number of piperidine rings is 1. The maximum atomic E-state index is 4.08. The van der Waals surface area contributed by atoms with Crippen LogP contribution in [0.25, 0.3) is 0 Å². The zero-order valence-corrected chi connectivity index (χ0v) is 12.5. The van der Waals surface area contributed by atoms with Crippen LogP contribution in [0.15, 0.2) is 24.5 Å². The van der Waals surface area contributed by atoms with Gasteiger partial charge in [0.2, 0.25) is 0 Å². The highest BCUT2D eigenvalue weighted by atomic mass is 15.1. The van der Waals surface area contributed by atoms with E-state index >= 15 is 0 Å². The second-order valence-corrected chi connectivity index (χ2v) is 6.14. The van der Waals surface area contributed by atoms with Gasteiger partial charge < -0.3 is 10.2 Å². The standard InChI is InChI=1S/C16H27N3/c1-13(2)12-19-10-6-16(7-11-19)18-14(3)15-4-8-17-9-5-15/h4-5,8-9,13-14,16,18H,6-7,10-12H2,1-3H3. The van der Waals surface area contributed by atoms with Crippen molar-refractivity contribution in [1.82, 2.24) is 15.2 Å². The molecule has 0 bridgehead atoms. The zero-order chi connectivity index (χ0) is 13.7. The smallest absolute Gasteiger partial charge is 0.0295 e. The highest BCUT2D eigenvalue weighted by molar-refractivity contribution is 5.14. The van der Waals surface area contributed by atoms with Crippen LogP contribution in [0.1, 0.15) is 45.2 Å². The summed E-state index contributed by atoms with van der Waals surface area (Å²) >= 11 is 0. The normalized spacial score (nSPS) is 19.8. The number of likely N-dealkylation sites (tertiary alicyclic amines) is 1. The van der Waals surface area contributed by atoms with Crippen molar-refractivity contribution in [1.29, 1.82) is 0 Å². The van der Waals surface area contributed by atoms with Gasteiger partial charge in [0.1, 0.15) is 0 Å². The van der Waals surface area contributed by atoms with Gasteiger partial charge in [-0.2, -0.15) is 0 Å². The molecule has 1 aromatic heterocycles. The largest absolute Gasteiger partial charge is 0.307 e. The molecule has 2 rings (SSSR count). The van der Waals surface area contributed by atoms with E-state index < -0.39 is 0 Å². The second-order valence-electron chi connectivity index (χ2n) is 6.14. The number of nitrogens with zero attached hydrogens (tertiary/aromatic N) is 2. The van der Waals surface area contributed by atoms with E-state index in [1.807, 2.05) is 12.4 Å². The Kier molecular flexibility index (Phi) is 5.34. The minimum absolute atomic E-state index is 0.421. The summed E-state index contributed by atoms with van der Waals surface area (Å²) in [6.45, 7) is 10.6. The highest BCUT2D eigenvalue weighted by Crippen LogP contribution is 2.17. The summed E-state index contributed by atoms with van der Waals surface area (Å²) in [5.41, 5.74) is 1.33. The average Bonchev–Trinajstić information content (AvgIpc) is 2.41. The molecule has 106 valence electrons. The van der Waals surface area contributed by atoms with Crippen LogP contribution in [0.5, 0.6) is 0 Å². The maximum absolute atomic E-state index is 4.08. The summed E-state index contributed by atoms with van der Waals surface area (Å²) in [5.74, 6) is 0.778. The lowest BCUT2D eigenvalue weighted by molar-refractivity contribution is 0.175. The number of hydrogen-bond donors (Lipinski definition) is 1. The first-order valence-corrected chi connectivity index (χ1v) is 7.53. The third-order valence-corrected chi connectivity index (χ3v) is 3.90. The van der Waals surface area contributed by atoms with Gasteiger partial charge in [-0.15, -0.1) is 0 Å². The minimum atomic E-state index is 0.421. The van der Waals surface area contributed by atoms with E-state index in [0.717, 1.165) is 5.92 Å². The summed E-state index contributed by atoms with van der Waals surface area (Å²) < 4.78 is 0. The van der Waals surface area contributed by atoms with Crippen LogP contribution in [0.3, 0.4) is 0 Å². The molecule has 2 heterocycles. The van der Waals surface area contributed by atoms with Crippen LogP contribution in [0.4, 0.5) is 0 Å². The number of aromatic nitrogens is 1. The first-order chi connectivity index (χ1) is 9.15. The van der Waals surface area contributed by atoms with Gasteiger partial charge >= 0.3 is 0 Å². The molecule has 1 fully saturated rings. The van der Waals surface area contributed by atoms with E-state index in [4.69, 9.17) is 0 Å². The van der Waals surface area contributed by atoms with Gasteiger partial charge in [0.05, 0.1) is 0 Å². The number of rotatable bonds is 5. The molecule has 1 aliphatic rings. The van der Waals surface area contributed by atoms with Crippen molar-refractivity contribution in [3.63, 3.8) is 0 Å². The van der Waals surface area contributed by atoms with Crippen LogP contribution in [-0.4, -0.2) is 35.6 Å². The van der Waals surface area contributed by atoms with Gasteiger partial charge in [-0.05, 0) is 56.5 Å². The predicted octanol–water partition coefficient (Wildman–Crippen LogP) is 2.85. The van der Waals surface area contributed by atoms with E-state index in [9.17, 15) is 0 Å². The summed E-state index contributed by atoms with van der Waals surface area (Å²) in [7, 11) is 0. The van der Waals surface area contributed by atoms with E-state index in [1.165, 1.54) is 38.0 Å². The molecular formula is C16H27N3. The van der Waals surface area contributed by atoms with Gasteiger partial charge in [-0.1, -0.05) is 13.8 Å². The van der Waals surface area contributed by atoms with E-state index in [0.29, 0.717) is 12.1 Å². The van der Waals surface area contributed by atoms with Gasteiger partial charge in [0.25, 0.3) is 0 Å². The lowest BCUT2D eigenvalue weighted by atomic mass is 10.0. The molecule has 19 heavy (non-hydrogen) atoms. The van der Waals surface area contributed by atoms with Crippen LogP contribution < -0.4 is 5.32 Å². The van der Waals surface area contributed by atoms with Gasteiger partial charge in [-0.25, -0.2) is 0 Å². The second kappa shape index (κ2) is 7.01. The Hall–Kier alpha value is -0.930. The molecule has 0 aromatic carbocycles. The number of hydrogen-bond acceptors (Lipinski definition) is 3. The summed E-state index contributed by atoms with van der Waals surface area (Å²) in [6.07, 6.45) is 6.28. The fourth-order valence-electron chi connectivity index (χ4n) is 2.90. The first kappa shape index (κ1) is 14.5. The Labute approximate surface area is 117 Å². The Bertz CT molecular complexity index is 356. The summed E-state index contributed by atoms with van der Waals surface area (Å²) in [5, 5.41) is 3.75. The van der Waals surface area contributed by atoms with Gasteiger partial charge in [0, 0.05) is 31.0 Å². The molecule has 3 heteroatoms. The molecule has 1 atom stereocenters. The Morgan fingerprint density at radius 1 is 1.21 bits per heavy atom. The highest BCUT2D eigenvalue weighted by Gasteiger charge is 2.20. The Morgan fingerprint density at radius 2 is 1.84 bits per heavy atom. The van der Waals surface area contributed by atoms with Crippen LogP contribution in [0.2, 0.25) is 0 Å². The fourth-order valence-corrected chi connectivity index (χ4v) is 2.90. The Morgan fingerprint density at radius 3 is 2.42 bits per heavy atom. The molecule has 0 radical (unpaired) electrons. The average molecular weight is 261 g/mol. The fraction of sp³-hybridized carbons (Fsp3) is 0.688. The van der Waals surface area contributed by atoms with Crippen molar-refractivity contribution in [3.05, 3.63) is 30.1 Å². The topological polar surface area (TPSA) is 28.2 Å². The van der Waals surface area contributed by atoms with E-state index in [2.05, 4.69) is 48.1 Å². The quantitative estimate of drug-likeness (QED) is 0.883. The molecule has 3 nitrogen and oxygen atoms in total. The first-order valence-electron chi connectivity index (χ1n) is 7.53. The third-order valence-electron chi connectivity index (χ3n) is 3.90. The molecule has 0 aliphatic carbocycles. The Balaban J connectivity index is 1.76. The van der Waals surface area contributed by atoms with Crippen molar-refractivity contribution in [3.8, 4) is 0 Å². The SMILES string of the molecule is CC(C)CN1CCC(NC(C)c2ccncc2)CC1. The molecule has 1 saturated heterocycles. The molecule has 1 aromatic rings. The monoisotopic (exact) mass is 261 g/mol.